The van der Waals surface area contributed by atoms with Gasteiger partial charge in [0.25, 0.3) is 0 Å². The number of hydrogen-bond donors (Lipinski definition) is 2. The van der Waals surface area contributed by atoms with Gasteiger partial charge < -0.3 is 10.6 Å². The summed E-state index contributed by atoms with van der Waals surface area (Å²) in [5.41, 5.74) is 0. The third-order valence-corrected chi connectivity index (χ3v) is 3.48. The molecule has 1 rings (SSSR count). The molecule has 1 unspecified atom stereocenters. The van der Waals surface area contributed by atoms with Gasteiger partial charge in [-0.15, -0.1) is 12.4 Å². The average molecular weight is 285 g/mol. The highest BCUT2D eigenvalue weighted by atomic mass is 35.5. The van der Waals surface area contributed by atoms with E-state index in [1.807, 2.05) is 0 Å². The molecule has 1 amide bonds. The smallest absolute Gasteiger partial charge is 0.234 e. The van der Waals surface area contributed by atoms with Crippen LogP contribution < -0.4 is 10.6 Å². The average Bonchev–Trinajstić information content (AvgIpc) is 2.83. The topological polar surface area (TPSA) is 75.3 Å². The van der Waals surface area contributed by atoms with Crippen LogP contribution in [0.5, 0.6) is 0 Å². The molecule has 7 heteroatoms. The first kappa shape index (κ1) is 16.7. The number of hydrogen-bond acceptors (Lipinski definition) is 4. The summed E-state index contributed by atoms with van der Waals surface area (Å²) in [6, 6.07) is -0.328. The van der Waals surface area contributed by atoms with E-state index in [1.165, 1.54) is 19.1 Å². The maximum atomic E-state index is 11.4. The lowest BCUT2D eigenvalue weighted by atomic mass is 10.3. The van der Waals surface area contributed by atoms with E-state index in [-0.39, 0.29) is 36.7 Å². The van der Waals surface area contributed by atoms with E-state index in [0.717, 1.165) is 12.5 Å². The van der Waals surface area contributed by atoms with Crippen molar-refractivity contribution in [1.82, 2.24) is 10.6 Å². The molecule has 1 atom stereocenters. The SMILES string of the molecule is CC(CS(C)(=O)=O)NC(=O)CNCC1CC1.Cl. The molecule has 0 spiro atoms. The third-order valence-electron chi connectivity index (χ3n) is 2.38. The lowest BCUT2D eigenvalue weighted by Gasteiger charge is -2.12. The number of carbonyl (C=O) groups is 1. The Labute approximate surface area is 109 Å². The zero-order valence-corrected chi connectivity index (χ0v) is 11.9. The highest BCUT2D eigenvalue weighted by Crippen LogP contribution is 2.27. The molecule has 1 aliphatic carbocycles. The predicted octanol–water partition coefficient (Wildman–Crippen LogP) is -0.0429. The van der Waals surface area contributed by atoms with E-state index >= 15 is 0 Å². The van der Waals surface area contributed by atoms with Crippen LogP contribution in [-0.2, 0) is 14.6 Å². The molecule has 0 aromatic rings. The minimum absolute atomic E-state index is 0. The van der Waals surface area contributed by atoms with Crippen molar-refractivity contribution < 1.29 is 13.2 Å². The molecule has 5 nitrogen and oxygen atoms in total. The Kier molecular flexibility index (Phi) is 7.04. The van der Waals surface area contributed by atoms with Gasteiger partial charge in [0.2, 0.25) is 5.91 Å². The normalized spacial score (nSPS) is 17.1. The molecule has 0 aromatic carbocycles. The van der Waals surface area contributed by atoms with Gasteiger partial charge in [-0.1, -0.05) is 0 Å². The molecule has 0 heterocycles. The zero-order valence-electron chi connectivity index (χ0n) is 10.2. The van der Waals surface area contributed by atoms with Gasteiger partial charge in [-0.25, -0.2) is 8.42 Å². The molecule has 1 aliphatic rings. The zero-order chi connectivity index (χ0) is 12.2. The Morgan fingerprint density at radius 1 is 1.41 bits per heavy atom. The van der Waals surface area contributed by atoms with Crippen LogP contribution in [0.15, 0.2) is 0 Å². The number of nitrogens with one attached hydrogen (secondary N) is 2. The minimum Gasteiger partial charge on any atom is -0.352 e. The van der Waals surface area contributed by atoms with E-state index in [0.29, 0.717) is 0 Å². The molecular formula is C10H21ClN2O3S. The van der Waals surface area contributed by atoms with Gasteiger partial charge in [0.1, 0.15) is 9.84 Å². The minimum atomic E-state index is -3.03. The summed E-state index contributed by atoms with van der Waals surface area (Å²) in [6.45, 7) is 2.85. The second kappa shape index (κ2) is 7.18. The summed E-state index contributed by atoms with van der Waals surface area (Å²) in [6.07, 6.45) is 3.67. The first-order chi connectivity index (χ1) is 7.37. The second-order valence-electron chi connectivity index (χ2n) is 4.64. The van der Waals surface area contributed by atoms with E-state index in [2.05, 4.69) is 10.6 Å². The van der Waals surface area contributed by atoms with Crippen LogP contribution >= 0.6 is 12.4 Å². The predicted molar refractivity (Wildman–Crippen MR) is 70.2 cm³/mol. The summed E-state index contributed by atoms with van der Waals surface area (Å²) in [5.74, 6) is 0.583. The lowest BCUT2D eigenvalue weighted by molar-refractivity contribution is -0.120. The van der Waals surface area contributed by atoms with Crippen molar-refractivity contribution in [3.05, 3.63) is 0 Å². The molecule has 1 saturated carbocycles. The molecule has 0 aliphatic heterocycles. The van der Waals surface area contributed by atoms with Crippen molar-refractivity contribution >= 4 is 28.2 Å². The van der Waals surface area contributed by atoms with Crippen molar-refractivity contribution in [1.29, 1.82) is 0 Å². The van der Waals surface area contributed by atoms with Crippen molar-refractivity contribution in [3.63, 3.8) is 0 Å². The van der Waals surface area contributed by atoms with E-state index in [4.69, 9.17) is 0 Å². The van der Waals surface area contributed by atoms with Crippen LogP contribution in [0, 0.1) is 5.92 Å². The van der Waals surface area contributed by atoms with Crippen LogP contribution in [0.25, 0.3) is 0 Å². The molecule has 2 N–H and O–H groups in total. The number of halogens is 1. The molecule has 17 heavy (non-hydrogen) atoms. The fraction of sp³-hybridized carbons (Fsp3) is 0.900. The molecule has 102 valence electrons. The molecular weight excluding hydrogens is 264 g/mol. The van der Waals surface area contributed by atoms with Crippen molar-refractivity contribution in [2.24, 2.45) is 5.92 Å². The Morgan fingerprint density at radius 2 is 2.00 bits per heavy atom. The van der Waals surface area contributed by atoms with Gasteiger partial charge in [-0.3, -0.25) is 4.79 Å². The number of rotatable bonds is 7. The van der Waals surface area contributed by atoms with Gasteiger partial charge in [-0.2, -0.15) is 0 Å². The van der Waals surface area contributed by atoms with Crippen molar-refractivity contribution in [2.75, 3.05) is 25.1 Å². The van der Waals surface area contributed by atoms with Crippen LogP contribution in [0.4, 0.5) is 0 Å². The first-order valence-corrected chi connectivity index (χ1v) is 7.60. The van der Waals surface area contributed by atoms with E-state index in [1.54, 1.807) is 6.92 Å². The fourth-order valence-corrected chi connectivity index (χ4v) is 2.53. The Bertz CT molecular complexity index is 341. The van der Waals surface area contributed by atoms with Gasteiger partial charge in [0.15, 0.2) is 0 Å². The maximum Gasteiger partial charge on any atom is 0.234 e. The van der Waals surface area contributed by atoms with Gasteiger partial charge in [0, 0.05) is 12.3 Å². The molecule has 0 aromatic heterocycles. The second-order valence-corrected chi connectivity index (χ2v) is 6.82. The lowest BCUT2D eigenvalue weighted by Crippen LogP contribution is -2.42. The number of carbonyl (C=O) groups excluding carboxylic acids is 1. The standard InChI is InChI=1S/C10H20N2O3S.ClH/c1-8(7-16(2,14)15)12-10(13)6-11-5-9-3-4-9;/h8-9,11H,3-7H2,1-2H3,(H,12,13);1H. The maximum absolute atomic E-state index is 11.4. The first-order valence-electron chi connectivity index (χ1n) is 5.54. The summed E-state index contributed by atoms with van der Waals surface area (Å²) >= 11 is 0. The summed E-state index contributed by atoms with van der Waals surface area (Å²) in [5, 5.41) is 5.70. The van der Waals surface area contributed by atoms with E-state index < -0.39 is 9.84 Å². The van der Waals surface area contributed by atoms with Crippen molar-refractivity contribution in [2.45, 2.75) is 25.8 Å². The Balaban J connectivity index is 0.00000256. The van der Waals surface area contributed by atoms with Crippen LogP contribution in [0.1, 0.15) is 19.8 Å². The third kappa shape index (κ3) is 9.38. The van der Waals surface area contributed by atoms with Gasteiger partial charge in [-0.05, 0) is 32.2 Å². The highest BCUT2D eigenvalue weighted by molar-refractivity contribution is 7.90. The number of amides is 1. The molecule has 0 bridgehead atoms. The Hall–Kier alpha value is -0.330. The van der Waals surface area contributed by atoms with Crippen LogP contribution in [0.3, 0.4) is 0 Å². The number of sulfone groups is 1. The monoisotopic (exact) mass is 284 g/mol. The van der Waals surface area contributed by atoms with E-state index in [9.17, 15) is 13.2 Å². The molecule has 0 saturated heterocycles. The van der Waals surface area contributed by atoms with Crippen LogP contribution in [0.2, 0.25) is 0 Å². The summed E-state index contributed by atoms with van der Waals surface area (Å²) in [4.78, 5) is 11.4. The summed E-state index contributed by atoms with van der Waals surface area (Å²) in [7, 11) is -3.03. The highest BCUT2D eigenvalue weighted by Gasteiger charge is 2.20. The largest absolute Gasteiger partial charge is 0.352 e. The molecule has 0 radical (unpaired) electrons. The molecule has 1 fully saturated rings. The van der Waals surface area contributed by atoms with Gasteiger partial charge >= 0.3 is 0 Å². The van der Waals surface area contributed by atoms with Gasteiger partial charge in [0.05, 0.1) is 12.3 Å². The Morgan fingerprint density at radius 3 is 2.47 bits per heavy atom. The quantitative estimate of drug-likeness (QED) is 0.688. The summed E-state index contributed by atoms with van der Waals surface area (Å²) < 4.78 is 21.9. The fourth-order valence-electron chi connectivity index (χ4n) is 1.53. The van der Waals surface area contributed by atoms with Crippen LogP contribution in [-0.4, -0.2) is 45.5 Å². The van der Waals surface area contributed by atoms with Crippen molar-refractivity contribution in [3.8, 4) is 0 Å².